The lowest BCUT2D eigenvalue weighted by atomic mass is 11.4. The Hall–Kier alpha value is 0.854. The molecule has 0 bridgehead atoms. The van der Waals surface area contributed by atoms with Gasteiger partial charge in [0.1, 0.15) is 0 Å². The van der Waals surface area contributed by atoms with Crippen LogP contribution >= 0.6 is 22.2 Å². The molecular formula is C4H14Cl2N4Si2. The van der Waals surface area contributed by atoms with Gasteiger partial charge < -0.3 is 0 Å². The van der Waals surface area contributed by atoms with Crippen molar-refractivity contribution in [3.05, 3.63) is 0 Å². The smallest absolute Gasteiger partial charge is 0.245 e. The number of halogens is 2. The van der Waals surface area contributed by atoms with Crippen LogP contribution in [0.2, 0.25) is 0 Å². The predicted octanol–water partition coefficient (Wildman–Crippen LogP) is -0.531. The standard InChI is InChI=1S/C4H14Cl2N4Si2/c1-7-8(2)12(6)10(4)9(3)11(7)5/h11-12H,1-4H3. The van der Waals surface area contributed by atoms with Gasteiger partial charge in [-0.15, -0.1) is 22.2 Å². The van der Waals surface area contributed by atoms with Crippen molar-refractivity contribution in [1.29, 1.82) is 0 Å². The highest BCUT2D eigenvalue weighted by atomic mass is 35.6. The lowest BCUT2D eigenvalue weighted by Gasteiger charge is -2.49. The number of hydrazine groups is 2. The topological polar surface area (TPSA) is 13.0 Å². The van der Waals surface area contributed by atoms with Gasteiger partial charge in [-0.1, -0.05) is 0 Å². The van der Waals surface area contributed by atoms with E-state index in [-0.39, 0.29) is 0 Å². The van der Waals surface area contributed by atoms with Crippen LogP contribution in [-0.2, 0) is 0 Å². The molecule has 72 valence electrons. The second-order valence-electron chi connectivity index (χ2n) is 2.92. The zero-order chi connectivity index (χ0) is 9.46. The molecule has 1 saturated heterocycles. The zero-order valence-electron chi connectivity index (χ0n) is 7.70. The average Bonchev–Trinajstić information content (AvgIpc) is 2.08. The maximum Gasteiger partial charge on any atom is 0.317 e. The van der Waals surface area contributed by atoms with Crippen molar-refractivity contribution in [2.24, 2.45) is 0 Å². The molecule has 1 heterocycles. The maximum atomic E-state index is 6.24. The van der Waals surface area contributed by atoms with Crippen LogP contribution in [0.4, 0.5) is 0 Å². The summed E-state index contributed by atoms with van der Waals surface area (Å²) < 4.78 is 8.30. The minimum Gasteiger partial charge on any atom is -0.245 e. The molecule has 0 amide bonds. The van der Waals surface area contributed by atoms with E-state index in [0.29, 0.717) is 0 Å². The van der Waals surface area contributed by atoms with Gasteiger partial charge in [-0.3, -0.25) is 0 Å². The van der Waals surface area contributed by atoms with Crippen LogP contribution in [0.25, 0.3) is 0 Å². The summed E-state index contributed by atoms with van der Waals surface area (Å²) in [6.07, 6.45) is 0. The van der Waals surface area contributed by atoms with Gasteiger partial charge in [-0.25, -0.2) is 18.7 Å². The molecule has 0 aromatic rings. The van der Waals surface area contributed by atoms with Crippen LogP contribution in [0.1, 0.15) is 0 Å². The van der Waals surface area contributed by atoms with Gasteiger partial charge in [0.25, 0.3) is 0 Å². The van der Waals surface area contributed by atoms with E-state index in [2.05, 4.69) is 18.7 Å². The summed E-state index contributed by atoms with van der Waals surface area (Å²) in [5.74, 6) is 0. The number of nitrogens with zero attached hydrogens (tertiary/aromatic N) is 4. The first kappa shape index (κ1) is 10.9. The maximum absolute atomic E-state index is 6.24. The van der Waals surface area contributed by atoms with Gasteiger partial charge in [-0.05, 0) is 28.2 Å². The third-order valence-corrected chi connectivity index (χ3v) is 10.1. The minimum atomic E-state index is -1.50. The average molecular weight is 245 g/mol. The Labute approximate surface area is 86.1 Å². The Morgan fingerprint density at radius 3 is 1.00 bits per heavy atom. The van der Waals surface area contributed by atoms with E-state index in [0.717, 1.165) is 0 Å². The second-order valence-corrected chi connectivity index (χ2v) is 9.49. The van der Waals surface area contributed by atoms with Crippen LogP contribution in [-0.4, -0.2) is 63.7 Å². The Kier molecular flexibility index (Phi) is 3.58. The molecule has 0 unspecified atom stereocenters. The summed E-state index contributed by atoms with van der Waals surface area (Å²) in [7, 11) is 4.99. The molecule has 0 radical (unpaired) electrons. The molecule has 8 heteroatoms. The first-order chi connectivity index (χ1) is 5.46. The fourth-order valence-corrected chi connectivity index (χ4v) is 7.44. The summed E-state index contributed by atoms with van der Waals surface area (Å²) in [6, 6.07) is 0. The number of hydrogen-bond donors (Lipinski definition) is 0. The van der Waals surface area contributed by atoms with Gasteiger partial charge in [-0.2, -0.15) is 0 Å². The Morgan fingerprint density at radius 1 is 0.667 bits per heavy atom. The first-order valence-corrected chi connectivity index (χ1v) is 9.22. The van der Waals surface area contributed by atoms with E-state index in [1.807, 2.05) is 28.2 Å². The largest absolute Gasteiger partial charge is 0.317 e. The van der Waals surface area contributed by atoms with Gasteiger partial charge in [0, 0.05) is 0 Å². The van der Waals surface area contributed by atoms with Crippen molar-refractivity contribution in [3.63, 3.8) is 0 Å². The molecule has 1 fully saturated rings. The van der Waals surface area contributed by atoms with Crippen LogP contribution in [0.15, 0.2) is 0 Å². The van der Waals surface area contributed by atoms with Crippen molar-refractivity contribution in [2.75, 3.05) is 28.2 Å². The fraction of sp³-hybridized carbons (Fsp3) is 1.00. The van der Waals surface area contributed by atoms with Crippen molar-refractivity contribution in [1.82, 2.24) is 18.7 Å². The quantitative estimate of drug-likeness (QED) is 0.420. The van der Waals surface area contributed by atoms with Crippen LogP contribution in [0, 0.1) is 0 Å². The summed E-state index contributed by atoms with van der Waals surface area (Å²) in [6.45, 7) is 0. The molecule has 0 spiro atoms. The van der Waals surface area contributed by atoms with E-state index in [1.54, 1.807) is 0 Å². The summed E-state index contributed by atoms with van der Waals surface area (Å²) in [5.41, 5.74) is 0. The van der Waals surface area contributed by atoms with Gasteiger partial charge >= 0.3 is 16.9 Å². The summed E-state index contributed by atoms with van der Waals surface area (Å²) >= 11 is 12.5. The second kappa shape index (κ2) is 3.93. The highest BCUT2D eigenvalue weighted by Gasteiger charge is 2.38. The van der Waals surface area contributed by atoms with Crippen molar-refractivity contribution < 1.29 is 0 Å². The minimum absolute atomic E-state index is 1.50. The van der Waals surface area contributed by atoms with Crippen molar-refractivity contribution in [3.8, 4) is 0 Å². The first-order valence-electron chi connectivity index (χ1n) is 3.66. The molecule has 1 aliphatic heterocycles. The number of rotatable bonds is 0. The van der Waals surface area contributed by atoms with Crippen LogP contribution < -0.4 is 0 Å². The highest BCUT2D eigenvalue weighted by molar-refractivity contribution is 7.08. The monoisotopic (exact) mass is 244 g/mol. The summed E-state index contributed by atoms with van der Waals surface area (Å²) in [4.78, 5) is 0. The molecule has 0 saturated carbocycles. The molecule has 0 aromatic heterocycles. The van der Waals surface area contributed by atoms with Crippen LogP contribution in [0.3, 0.4) is 0 Å². The molecule has 4 nitrogen and oxygen atoms in total. The van der Waals surface area contributed by atoms with E-state index >= 15 is 0 Å². The molecular weight excluding hydrogens is 231 g/mol. The third kappa shape index (κ3) is 1.71. The van der Waals surface area contributed by atoms with Crippen molar-refractivity contribution >= 4 is 39.0 Å². The molecule has 0 aliphatic carbocycles. The Morgan fingerprint density at radius 2 is 0.833 bits per heavy atom. The molecule has 12 heavy (non-hydrogen) atoms. The fourth-order valence-electron chi connectivity index (χ4n) is 1.08. The zero-order valence-corrected chi connectivity index (χ0v) is 11.5. The molecule has 0 atom stereocenters. The highest BCUT2D eigenvalue weighted by Crippen LogP contribution is 2.18. The van der Waals surface area contributed by atoms with E-state index in [9.17, 15) is 0 Å². The summed E-state index contributed by atoms with van der Waals surface area (Å²) in [5, 5.41) is 0. The van der Waals surface area contributed by atoms with Crippen LogP contribution in [0.5, 0.6) is 0 Å². The van der Waals surface area contributed by atoms with Gasteiger partial charge in [0.05, 0.1) is 0 Å². The van der Waals surface area contributed by atoms with Crippen molar-refractivity contribution in [2.45, 2.75) is 0 Å². The van der Waals surface area contributed by atoms with Gasteiger partial charge in [0.15, 0.2) is 0 Å². The van der Waals surface area contributed by atoms with E-state index in [4.69, 9.17) is 22.2 Å². The predicted molar refractivity (Wildman–Crippen MR) is 57.1 cm³/mol. The molecule has 0 N–H and O–H groups in total. The Bertz CT molecular complexity index is 115. The lowest BCUT2D eigenvalue weighted by molar-refractivity contribution is 0.0987. The normalized spacial score (nSPS) is 37.5. The molecule has 0 aromatic carbocycles. The van der Waals surface area contributed by atoms with Gasteiger partial charge in [0.2, 0.25) is 0 Å². The van der Waals surface area contributed by atoms with E-state index < -0.39 is 16.9 Å². The lowest BCUT2D eigenvalue weighted by Crippen LogP contribution is -2.70. The Balaban J connectivity index is 2.76. The SMILES string of the molecule is CN1N(C)[SiH](Cl)N(C)N(C)[SiH]1Cl. The molecule has 1 aliphatic rings. The number of hydrogen-bond acceptors (Lipinski definition) is 4. The molecule has 1 rings (SSSR count). The van der Waals surface area contributed by atoms with E-state index in [1.165, 1.54) is 0 Å². The third-order valence-electron chi connectivity index (χ3n) is 2.23.